The number of methoxy groups -OCH3 is 1. The van der Waals surface area contributed by atoms with Crippen LogP contribution in [0.4, 0.5) is 0 Å². The zero-order chi connectivity index (χ0) is 13.3. The van der Waals surface area contributed by atoms with E-state index in [9.17, 15) is 0 Å². The van der Waals surface area contributed by atoms with Gasteiger partial charge in [-0.2, -0.15) is 0 Å². The van der Waals surface area contributed by atoms with Crippen molar-refractivity contribution in [3.05, 3.63) is 0 Å². The van der Waals surface area contributed by atoms with Crippen molar-refractivity contribution >= 4 is 0 Å². The van der Waals surface area contributed by atoms with Crippen molar-refractivity contribution in [1.29, 1.82) is 0 Å². The standard InChI is InChI=1S/C5H12.C4H10.C3H8.C2H6O.4CH4/c1-5(2,3)4;1-3-4-2;2*1-3-2;;;;/h1-4H3;3-4H2,1-2H3;3H2,1-2H3;1-2H3;4*1H4. The fourth-order valence-electron chi connectivity index (χ4n) is 0. The van der Waals surface area contributed by atoms with Crippen LogP contribution in [0.2, 0.25) is 0 Å². The van der Waals surface area contributed by atoms with Crippen LogP contribution in [0.5, 0.6) is 0 Å². The van der Waals surface area contributed by atoms with Crippen LogP contribution < -0.4 is 0 Å². The van der Waals surface area contributed by atoms with Gasteiger partial charge in [-0.25, -0.2) is 0 Å². The molecule has 0 atom stereocenters. The molecule has 130 valence electrons. The third-order valence-corrected chi connectivity index (χ3v) is 0.500. The molecule has 19 heavy (non-hydrogen) atoms. The number of hydrogen-bond donors (Lipinski definition) is 0. The van der Waals surface area contributed by atoms with Crippen molar-refractivity contribution in [3.63, 3.8) is 0 Å². The lowest BCUT2D eigenvalue weighted by Crippen LogP contribution is -1.93. The van der Waals surface area contributed by atoms with E-state index in [1.165, 1.54) is 19.3 Å². The van der Waals surface area contributed by atoms with Crippen LogP contribution in [0, 0.1) is 5.41 Å². The molecular formula is C18H52O. The van der Waals surface area contributed by atoms with E-state index in [4.69, 9.17) is 0 Å². The number of ether oxygens (including phenoxy) is 1. The Kier molecular flexibility index (Phi) is 140. The summed E-state index contributed by atoms with van der Waals surface area (Å²) >= 11 is 0. The summed E-state index contributed by atoms with van der Waals surface area (Å²) in [4.78, 5) is 0. The molecule has 0 radical (unpaired) electrons. The highest BCUT2D eigenvalue weighted by atomic mass is 16.4. The highest BCUT2D eigenvalue weighted by Crippen LogP contribution is 2.08. The van der Waals surface area contributed by atoms with Crippen molar-refractivity contribution < 1.29 is 4.74 Å². The Bertz CT molecular complexity index is 52.6. The fourth-order valence-corrected chi connectivity index (χ4v) is 0. The van der Waals surface area contributed by atoms with Gasteiger partial charge in [0.05, 0.1) is 0 Å². The highest BCUT2D eigenvalue weighted by molar-refractivity contribution is 4.47. The van der Waals surface area contributed by atoms with Crippen molar-refractivity contribution in [1.82, 2.24) is 0 Å². The van der Waals surface area contributed by atoms with Crippen molar-refractivity contribution in [2.75, 3.05) is 14.2 Å². The molecule has 0 aliphatic heterocycles. The Labute approximate surface area is 129 Å². The molecule has 0 aromatic heterocycles. The third kappa shape index (κ3) is 4960. The molecule has 0 aromatic rings. The lowest BCUT2D eigenvalue weighted by atomic mass is 10.0. The summed E-state index contributed by atoms with van der Waals surface area (Å²) in [5.41, 5.74) is 0.500. The second-order valence-electron chi connectivity index (χ2n) is 5.12. The zero-order valence-corrected chi connectivity index (χ0v) is 13.0. The maximum atomic E-state index is 4.25. The van der Waals surface area contributed by atoms with Crippen molar-refractivity contribution in [2.24, 2.45) is 5.41 Å². The quantitative estimate of drug-likeness (QED) is 0.473. The summed E-state index contributed by atoms with van der Waals surface area (Å²) in [6.45, 7) is 17.4. The first kappa shape index (κ1) is 50.9. The first-order valence-corrected chi connectivity index (χ1v) is 6.14. The molecule has 0 fully saturated rings. The van der Waals surface area contributed by atoms with E-state index in [-0.39, 0.29) is 29.7 Å². The number of hydrogen-bond acceptors (Lipinski definition) is 1. The van der Waals surface area contributed by atoms with Crippen LogP contribution >= 0.6 is 0 Å². The summed E-state index contributed by atoms with van der Waals surface area (Å²) in [5, 5.41) is 0. The normalized spacial score (nSPS) is 6.63. The first-order valence-electron chi connectivity index (χ1n) is 6.14. The van der Waals surface area contributed by atoms with Gasteiger partial charge in [-0.15, -0.1) is 0 Å². The van der Waals surface area contributed by atoms with E-state index in [1.807, 2.05) is 0 Å². The van der Waals surface area contributed by atoms with Gasteiger partial charge in [0, 0.05) is 14.2 Å². The summed E-state index contributed by atoms with van der Waals surface area (Å²) in [6.07, 6.45) is 3.89. The van der Waals surface area contributed by atoms with Crippen LogP contribution in [-0.2, 0) is 4.74 Å². The zero-order valence-electron chi connectivity index (χ0n) is 13.0. The van der Waals surface area contributed by atoms with Crippen molar-refractivity contribution in [3.8, 4) is 0 Å². The fraction of sp³-hybridized carbons (Fsp3) is 1.00. The molecule has 0 aliphatic rings. The van der Waals surface area contributed by atoms with Gasteiger partial charge in [0.15, 0.2) is 0 Å². The minimum atomic E-state index is 0. The van der Waals surface area contributed by atoms with E-state index in [1.54, 1.807) is 14.2 Å². The predicted octanol–water partition coefficient (Wildman–Crippen LogP) is 8.08. The highest BCUT2D eigenvalue weighted by Gasteiger charge is 1.95. The lowest BCUT2D eigenvalue weighted by Gasteiger charge is -2.05. The Morgan fingerprint density at radius 3 is 0.684 bits per heavy atom. The van der Waals surface area contributed by atoms with E-state index in [0.29, 0.717) is 5.41 Å². The second kappa shape index (κ2) is 52.1. The van der Waals surface area contributed by atoms with Gasteiger partial charge in [0.1, 0.15) is 0 Å². The molecule has 0 aromatic carbocycles. The predicted molar refractivity (Wildman–Crippen MR) is 102 cm³/mol. The van der Waals surface area contributed by atoms with Crippen LogP contribution in [-0.4, -0.2) is 14.2 Å². The summed E-state index contributed by atoms with van der Waals surface area (Å²) in [6, 6.07) is 0. The van der Waals surface area contributed by atoms with E-state index >= 15 is 0 Å². The van der Waals surface area contributed by atoms with Crippen LogP contribution in [0.3, 0.4) is 0 Å². The average Bonchev–Trinajstić information content (AvgIpc) is 2.04. The average molecular weight is 285 g/mol. The molecule has 0 N–H and O–H groups in total. The Hall–Kier alpha value is -0.0400. The summed E-state index contributed by atoms with van der Waals surface area (Å²) in [7, 11) is 3.25. The van der Waals surface area contributed by atoms with Crippen LogP contribution in [0.15, 0.2) is 0 Å². The van der Waals surface area contributed by atoms with Gasteiger partial charge in [0.2, 0.25) is 0 Å². The van der Waals surface area contributed by atoms with Gasteiger partial charge >= 0.3 is 0 Å². The molecule has 0 saturated carbocycles. The van der Waals surface area contributed by atoms with E-state index < -0.39 is 0 Å². The maximum absolute atomic E-state index is 4.25. The van der Waals surface area contributed by atoms with Gasteiger partial charge in [-0.3, -0.25) is 0 Å². The maximum Gasteiger partial charge on any atom is 0.0351 e. The molecule has 0 aliphatic carbocycles. The third-order valence-electron chi connectivity index (χ3n) is 0.500. The lowest BCUT2D eigenvalue weighted by molar-refractivity contribution is 0.277. The van der Waals surface area contributed by atoms with Crippen LogP contribution in [0.1, 0.15) is 104 Å². The largest absolute Gasteiger partial charge is 0.388 e. The first-order chi connectivity index (χ1) is 6.74. The summed E-state index contributed by atoms with van der Waals surface area (Å²) < 4.78 is 4.25. The molecule has 0 heterocycles. The second-order valence-corrected chi connectivity index (χ2v) is 5.12. The van der Waals surface area contributed by atoms with E-state index in [0.717, 1.165) is 0 Å². The van der Waals surface area contributed by atoms with E-state index in [2.05, 4.69) is 60.1 Å². The SMILES string of the molecule is C.C.C.C.CC(C)(C)C.CCC.CCCC.COC. The van der Waals surface area contributed by atoms with Gasteiger partial charge in [-0.1, -0.05) is 104 Å². The molecule has 0 amide bonds. The molecule has 0 saturated heterocycles. The minimum absolute atomic E-state index is 0. The molecule has 0 bridgehead atoms. The van der Waals surface area contributed by atoms with Crippen molar-refractivity contribution in [2.45, 2.75) is 104 Å². The van der Waals surface area contributed by atoms with Gasteiger partial charge in [-0.05, 0) is 5.41 Å². The smallest absolute Gasteiger partial charge is 0.0351 e. The Morgan fingerprint density at radius 2 is 0.684 bits per heavy atom. The molecule has 1 nitrogen and oxygen atoms in total. The molecular weight excluding hydrogens is 232 g/mol. The van der Waals surface area contributed by atoms with Gasteiger partial charge < -0.3 is 4.74 Å². The minimum Gasteiger partial charge on any atom is -0.388 e. The van der Waals surface area contributed by atoms with Gasteiger partial charge in [0.25, 0.3) is 0 Å². The monoisotopic (exact) mass is 284 g/mol. The Balaban J connectivity index is -0.0000000135. The number of rotatable bonds is 1. The number of unbranched alkanes of at least 4 members (excludes halogenated alkanes) is 1. The molecule has 0 unspecified atom stereocenters. The van der Waals surface area contributed by atoms with Crippen LogP contribution in [0.25, 0.3) is 0 Å². The molecule has 0 rings (SSSR count). The topological polar surface area (TPSA) is 9.23 Å². The molecule has 0 spiro atoms. The molecule has 1 heteroatoms. The summed E-state index contributed by atoms with van der Waals surface area (Å²) in [5.74, 6) is 0. The Morgan fingerprint density at radius 1 is 0.632 bits per heavy atom.